The van der Waals surface area contributed by atoms with Gasteiger partial charge in [-0.3, -0.25) is 14.5 Å². The van der Waals surface area contributed by atoms with Crippen molar-refractivity contribution in [1.82, 2.24) is 15.5 Å². The van der Waals surface area contributed by atoms with E-state index >= 15 is 0 Å². The molecule has 21 heavy (non-hydrogen) atoms. The summed E-state index contributed by atoms with van der Waals surface area (Å²) in [5.41, 5.74) is -0.0652. The lowest BCUT2D eigenvalue weighted by molar-refractivity contribution is -0.142. The summed E-state index contributed by atoms with van der Waals surface area (Å²) in [5.74, 6) is -1.46. The number of aliphatic carboxylic acids is 1. The molecule has 0 bridgehead atoms. The highest BCUT2D eigenvalue weighted by atomic mass is 16.4. The quantitative estimate of drug-likeness (QED) is 0.667. The van der Waals surface area contributed by atoms with E-state index in [1.807, 2.05) is 20.8 Å². The van der Waals surface area contributed by atoms with Gasteiger partial charge >= 0.3 is 5.97 Å². The van der Waals surface area contributed by atoms with Crippen molar-refractivity contribution < 1.29 is 14.7 Å². The zero-order valence-corrected chi connectivity index (χ0v) is 13.4. The van der Waals surface area contributed by atoms with Gasteiger partial charge in [0.2, 0.25) is 5.91 Å². The average molecular weight is 299 g/mol. The average Bonchev–Trinajstić information content (AvgIpc) is 2.61. The van der Waals surface area contributed by atoms with E-state index < -0.39 is 11.9 Å². The van der Waals surface area contributed by atoms with Gasteiger partial charge < -0.3 is 15.7 Å². The van der Waals surface area contributed by atoms with Crippen molar-refractivity contribution >= 4 is 11.9 Å². The number of amides is 1. The second-order valence-corrected chi connectivity index (χ2v) is 6.98. The molecule has 1 atom stereocenters. The second kappa shape index (κ2) is 8.34. The predicted octanol–water partition coefficient (Wildman–Crippen LogP) is 0.535. The number of carboxylic acids is 1. The lowest BCUT2D eigenvalue weighted by Crippen LogP contribution is -2.42. The molecule has 1 rings (SSSR count). The van der Waals surface area contributed by atoms with Crippen LogP contribution in [0.1, 0.15) is 33.6 Å². The molecule has 0 spiro atoms. The molecule has 0 aromatic carbocycles. The normalized spacial score (nSPS) is 18.8. The van der Waals surface area contributed by atoms with E-state index in [1.54, 1.807) is 0 Å². The maximum Gasteiger partial charge on any atom is 0.308 e. The van der Waals surface area contributed by atoms with Gasteiger partial charge in [0.05, 0.1) is 12.5 Å². The fourth-order valence-electron chi connectivity index (χ4n) is 2.54. The zero-order chi connectivity index (χ0) is 15.9. The van der Waals surface area contributed by atoms with Crippen LogP contribution in [0.5, 0.6) is 0 Å². The molecule has 1 unspecified atom stereocenters. The summed E-state index contributed by atoms with van der Waals surface area (Å²) in [7, 11) is 0. The Morgan fingerprint density at radius 2 is 2.00 bits per heavy atom. The van der Waals surface area contributed by atoms with Crippen LogP contribution in [0.3, 0.4) is 0 Å². The minimum Gasteiger partial charge on any atom is -0.481 e. The van der Waals surface area contributed by atoms with Crippen LogP contribution in [0.25, 0.3) is 0 Å². The van der Waals surface area contributed by atoms with E-state index in [0.717, 1.165) is 32.6 Å². The Labute approximate surface area is 127 Å². The van der Waals surface area contributed by atoms with Crippen molar-refractivity contribution in [2.75, 3.05) is 39.3 Å². The molecular weight excluding hydrogens is 270 g/mol. The molecule has 3 N–H and O–H groups in total. The Hall–Kier alpha value is -1.14. The van der Waals surface area contributed by atoms with Crippen molar-refractivity contribution in [3.63, 3.8) is 0 Å². The van der Waals surface area contributed by atoms with Crippen molar-refractivity contribution in [2.45, 2.75) is 33.6 Å². The fourth-order valence-corrected chi connectivity index (χ4v) is 2.54. The minimum atomic E-state index is -0.843. The number of hydrogen-bond acceptors (Lipinski definition) is 4. The van der Waals surface area contributed by atoms with Crippen LogP contribution in [0.2, 0.25) is 0 Å². The Bertz CT molecular complexity index is 345. The predicted molar refractivity (Wildman–Crippen MR) is 82.1 cm³/mol. The first kappa shape index (κ1) is 17.9. The van der Waals surface area contributed by atoms with Gasteiger partial charge in [0, 0.05) is 19.6 Å². The third-order valence-electron chi connectivity index (χ3n) is 3.55. The maximum absolute atomic E-state index is 12.0. The molecule has 1 aliphatic heterocycles. The first-order valence-corrected chi connectivity index (χ1v) is 7.70. The molecule has 0 aromatic rings. The van der Waals surface area contributed by atoms with Gasteiger partial charge in [0.25, 0.3) is 0 Å². The molecule has 0 radical (unpaired) electrons. The van der Waals surface area contributed by atoms with Gasteiger partial charge in [-0.25, -0.2) is 0 Å². The molecule has 0 aromatic heterocycles. The Morgan fingerprint density at radius 3 is 2.62 bits per heavy atom. The molecule has 1 saturated heterocycles. The number of carbonyl (C=O) groups is 2. The van der Waals surface area contributed by atoms with Gasteiger partial charge in [-0.1, -0.05) is 20.8 Å². The summed E-state index contributed by atoms with van der Waals surface area (Å²) in [6.07, 6.45) is 1.59. The van der Waals surface area contributed by atoms with Crippen LogP contribution < -0.4 is 10.6 Å². The van der Waals surface area contributed by atoms with Gasteiger partial charge in [-0.05, 0) is 31.3 Å². The van der Waals surface area contributed by atoms with E-state index in [2.05, 4.69) is 15.5 Å². The van der Waals surface area contributed by atoms with Gasteiger partial charge in [-0.15, -0.1) is 0 Å². The summed E-state index contributed by atoms with van der Waals surface area (Å²) in [6.45, 7) is 10.2. The summed E-state index contributed by atoms with van der Waals surface area (Å²) >= 11 is 0. The van der Waals surface area contributed by atoms with Gasteiger partial charge in [-0.2, -0.15) is 0 Å². The van der Waals surface area contributed by atoms with Crippen molar-refractivity contribution in [2.24, 2.45) is 11.3 Å². The monoisotopic (exact) mass is 299 g/mol. The SMILES string of the molecule is CC(C)(C)CC(CNC(=O)CN1CCCNCC1)C(=O)O. The van der Waals surface area contributed by atoms with Crippen molar-refractivity contribution in [1.29, 1.82) is 0 Å². The van der Waals surface area contributed by atoms with Crippen LogP contribution in [0.4, 0.5) is 0 Å². The Balaban J connectivity index is 2.36. The highest BCUT2D eigenvalue weighted by molar-refractivity contribution is 5.79. The summed E-state index contributed by atoms with van der Waals surface area (Å²) in [4.78, 5) is 25.3. The maximum atomic E-state index is 12.0. The summed E-state index contributed by atoms with van der Waals surface area (Å²) < 4.78 is 0. The topological polar surface area (TPSA) is 81.7 Å². The molecule has 6 nitrogen and oxygen atoms in total. The lowest BCUT2D eigenvalue weighted by atomic mass is 9.84. The number of carbonyl (C=O) groups excluding carboxylic acids is 1. The standard InChI is InChI=1S/C15H29N3O3/c1-15(2,3)9-12(14(20)21)10-17-13(19)11-18-7-4-5-16-6-8-18/h12,16H,4-11H2,1-3H3,(H,17,19)(H,20,21). The first-order chi connectivity index (χ1) is 9.78. The van der Waals surface area contributed by atoms with Crippen LogP contribution in [0.15, 0.2) is 0 Å². The van der Waals surface area contributed by atoms with Crippen LogP contribution in [-0.2, 0) is 9.59 Å². The van der Waals surface area contributed by atoms with Crippen molar-refractivity contribution in [3.05, 3.63) is 0 Å². The first-order valence-electron chi connectivity index (χ1n) is 7.70. The third-order valence-corrected chi connectivity index (χ3v) is 3.55. The summed E-state index contributed by atoms with van der Waals surface area (Å²) in [5, 5.41) is 15.3. The highest BCUT2D eigenvalue weighted by Crippen LogP contribution is 2.24. The fraction of sp³-hybridized carbons (Fsp3) is 0.867. The number of hydrogen-bond donors (Lipinski definition) is 3. The van der Waals surface area contributed by atoms with E-state index in [-0.39, 0.29) is 17.9 Å². The highest BCUT2D eigenvalue weighted by Gasteiger charge is 2.25. The number of carboxylic acid groups (broad SMARTS) is 1. The number of rotatable bonds is 6. The van der Waals surface area contributed by atoms with Gasteiger partial charge in [0.1, 0.15) is 0 Å². The van der Waals surface area contributed by atoms with Crippen molar-refractivity contribution in [3.8, 4) is 0 Å². The molecule has 0 aliphatic carbocycles. The molecule has 1 heterocycles. The molecule has 0 saturated carbocycles. The van der Waals surface area contributed by atoms with Crippen LogP contribution >= 0.6 is 0 Å². The zero-order valence-electron chi connectivity index (χ0n) is 13.4. The van der Waals surface area contributed by atoms with Crippen LogP contribution in [-0.4, -0.2) is 61.2 Å². The lowest BCUT2D eigenvalue weighted by Gasteiger charge is -2.24. The smallest absolute Gasteiger partial charge is 0.308 e. The number of nitrogens with zero attached hydrogens (tertiary/aromatic N) is 1. The third kappa shape index (κ3) is 8.02. The Kier molecular flexibility index (Phi) is 7.11. The van der Waals surface area contributed by atoms with E-state index in [1.165, 1.54) is 0 Å². The largest absolute Gasteiger partial charge is 0.481 e. The van der Waals surface area contributed by atoms with E-state index in [9.17, 15) is 14.7 Å². The molecule has 1 amide bonds. The summed E-state index contributed by atoms with van der Waals surface area (Å²) in [6, 6.07) is 0. The number of nitrogens with one attached hydrogen (secondary N) is 2. The molecule has 6 heteroatoms. The molecule has 1 aliphatic rings. The van der Waals surface area contributed by atoms with E-state index in [4.69, 9.17) is 0 Å². The molecule has 1 fully saturated rings. The van der Waals surface area contributed by atoms with E-state index in [0.29, 0.717) is 13.0 Å². The van der Waals surface area contributed by atoms with Gasteiger partial charge in [0.15, 0.2) is 0 Å². The molecule has 122 valence electrons. The Morgan fingerprint density at radius 1 is 1.29 bits per heavy atom. The minimum absolute atomic E-state index is 0.0652. The second-order valence-electron chi connectivity index (χ2n) is 6.98. The molecular formula is C15H29N3O3. The van der Waals surface area contributed by atoms with Crippen LogP contribution in [0, 0.1) is 11.3 Å².